The van der Waals surface area contributed by atoms with Crippen molar-refractivity contribution in [3.05, 3.63) is 94.9 Å². The van der Waals surface area contributed by atoms with Crippen LogP contribution in [0.5, 0.6) is 0 Å². The second kappa shape index (κ2) is 25.1. The average molecular weight is 1150 g/mol. The van der Waals surface area contributed by atoms with E-state index in [-0.39, 0.29) is 22.4 Å². The SMILES string of the molecule is CCC(=O)NC(C(=O)NC(Cc1ccc(C#Cc2cnc(N3CC4CCC(C3)N4C3COC3)nc2)cc1)C(O)CN(Cc1c(F)cc(-c2ccn(C(F)F)n2)cc1F)NC(=O)C(NC(=O)CC)C(C)(C)C(F)(F)F)C(C)(C)C(F)(F)F. The minimum absolute atomic E-state index is 0.212. The Kier molecular flexibility index (Phi) is 19.1. The van der Waals surface area contributed by atoms with Crippen molar-refractivity contribution >= 4 is 29.6 Å². The van der Waals surface area contributed by atoms with Gasteiger partial charge in [-0.25, -0.2) is 28.4 Å². The molecule has 2 aromatic heterocycles. The van der Waals surface area contributed by atoms with Gasteiger partial charge in [-0.05, 0) is 82.9 Å². The van der Waals surface area contributed by atoms with Gasteiger partial charge >= 0.3 is 18.9 Å². The molecule has 0 radical (unpaired) electrons. The van der Waals surface area contributed by atoms with Crippen molar-refractivity contribution in [3.8, 4) is 23.1 Å². The number of fused-ring (bicyclic) bond motifs is 2. The highest BCUT2D eigenvalue weighted by atomic mass is 19.4. The number of carbonyl (C=O) groups is 4. The molecule has 81 heavy (non-hydrogen) atoms. The molecule has 3 saturated heterocycles. The molecule has 2 aromatic carbocycles. The Bertz CT molecular complexity index is 2910. The van der Waals surface area contributed by atoms with E-state index in [0.717, 1.165) is 51.4 Å². The third-order valence-electron chi connectivity index (χ3n) is 15.0. The number of alkyl halides is 8. The fraction of sp³-hybridized carbons (Fsp3) is 0.537. The number of rotatable bonds is 21. The molecule has 7 rings (SSSR count). The molecule has 6 unspecified atom stereocenters. The summed E-state index contributed by atoms with van der Waals surface area (Å²) in [6.07, 6.45) is -7.37. The highest BCUT2D eigenvalue weighted by molar-refractivity contribution is 5.89. The molecule has 4 amide bonds. The number of aliphatic hydroxyl groups excluding tert-OH is 1. The summed E-state index contributed by atoms with van der Waals surface area (Å²) in [6.45, 7) is 2.88. The van der Waals surface area contributed by atoms with Crippen LogP contribution in [-0.2, 0) is 36.9 Å². The van der Waals surface area contributed by atoms with Gasteiger partial charge in [-0.1, -0.05) is 37.8 Å². The van der Waals surface area contributed by atoms with Gasteiger partial charge in [0.05, 0.1) is 53.5 Å². The van der Waals surface area contributed by atoms with Gasteiger partial charge < -0.3 is 30.7 Å². The summed E-state index contributed by atoms with van der Waals surface area (Å²) in [4.78, 5) is 67.3. The van der Waals surface area contributed by atoms with E-state index in [2.05, 4.69) is 52.8 Å². The Morgan fingerprint density at radius 2 is 1.30 bits per heavy atom. The van der Waals surface area contributed by atoms with Crippen molar-refractivity contribution < 1.29 is 72.9 Å². The van der Waals surface area contributed by atoms with Gasteiger partial charge in [0.15, 0.2) is 0 Å². The predicted octanol–water partition coefficient (Wildman–Crippen LogP) is 6.35. The van der Waals surface area contributed by atoms with Crippen LogP contribution in [0.25, 0.3) is 11.3 Å². The van der Waals surface area contributed by atoms with E-state index in [0.29, 0.717) is 85.6 Å². The summed E-state index contributed by atoms with van der Waals surface area (Å²) in [5.41, 5.74) is -4.18. The van der Waals surface area contributed by atoms with E-state index < -0.39 is 121 Å². The molecular weight excluding hydrogens is 1090 g/mol. The summed E-state index contributed by atoms with van der Waals surface area (Å²) in [5.74, 6) is -1.25. The normalized spacial score (nSPS) is 18.6. The van der Waals surface area contributed by atoms with Crippen molar-refractivity contribution in [2.75, 3.05) is 37.7 Å². The predicted molar refractivity (Wildman–Crippen MR) is 273 cm³/mol. The van der Waals surface area contributed by atoms with Crippen LogP contribution in [0.4, 0.5) is 49.9 Å². The van der Waals surface area contributed by atoms with E-state index in [9.17, 15) is 59.4 Å². The van der Waals surface area contributed by atoms with E-state index in [1.54, 1.807) is 24.5 Å². The summed E-state index contributed by atoms with van der Waals surface area (Å²) < 4.78 is 152. The van der Waals surface area contributed by atoms with Crippen molar-refractivity contribution in [1.82, 2.24) is 51.0 Å². The lowest BCUT2D eigenvalue weighted by atomic mass is 9.82. The van der Waals surface area contributed by atoms with E-state index in [1.807, 2.05) is 5.32 Å². The first-order valence-corrected chi connectivity index (χ1v) is 26.1. The maximum Gasteiger partial charge on any atom is 0.396 e. The van der Waals surface area contributed by atoms with E-state index in [1.165, 1.54) is 26.0 Å². The minimum Gasteiger partial charge on any atom is -0.390 e. The highest BCUT2D eigenvalue weighted by Crippen LogP contribution is 2.42. The minimum atomic E-state index is -5.17. The molecule has 440 valence electrons. The number of piperazine rings is 1. The summed E-state index contributed by atoms with van der Waals surface area (Å²) in [7, 11) is 0. The number of ether oxygens (including phenoxy) is 1. The summed E-state index contributed by atoms with van der Waals surface area (Å²) in [5, 5.41) is 22.7. The number of carbonyl (C=O) groups excluding carboxylic acids is 4. The monoisotopic (exact) mass is 1150 g/mol. The molecule has 6 atom stereocenters. The molecule has 4 aromatic rings. The van der Waals surface area contributed by atoms with Crippen LogP contribution in [0.1, 0.15) is 96.0 Å². The molecule has 0 aliphatic carbocycles. The first-order valence-electron chi connectivity index (χ1n) is 26.1. The Morgan fingerprint density at radius 3 is 1.78 bits per heavy atom. The number of hydrogen-bond donors (Lipinski definition) is 5. The van der Waals surface area contributed by atoms with Crippen LogP contribution < -0.4 is 26.3 Å². The number of benzene rings is 2. The smallest absolute Gasteiger partial charge is 0.390 e. The van der Waals surface area contributed by atoms with Crippen LogP contribution in [0.2, 0.25) is 0 Å². The molecule has 5 heterocycles. The number of anilines is 1. The Labute approximate surface area is 460 Å². The summed E-state index contributed by atoms with van der Waals surface area (Å²) in [6, 6.07) is 3.24. The van der Waals surface area contributed by atoms with Crippen LogP contribution in [-0.4, -0.2) is 146 Å². The van der Waals surface area contributed by atoms with Crippen molar-refractivity contribution in [3.63, 3.8) is 0 Å². The molecule has 27 heteroatoms. The van der Waals surface area contributed by atoms with Crippen molar-refractivity contribution in [2.24, 2.45) is 10.8 Å². The number of amides is 4. The second-order valence-electron chi connectivity index (χ2n) is 21.4. The number of nitrogens with one attached hydrogen (secondary N) is 4. The molecule has 3 aliphatic heterocycles. The summed E-state index contributed by atoms with van der Waals surface area (Å²) >= 11 is 0. The highest BCUT2D eigenvalue weighted by Gasteiger charge is 2.57. The van der Waals surface area contributed by atoms with Gasteiger partial charge in [-0.3, -0.25) is 29.5 Å². The maximum absolute atomic E-state index is 16.1. The number of aliphatic hydroxyl groups is 1. The zero-order valence-electron chi connectivity index (χ0n) is 45.1. The number of nitrogens with zero attached hydrogens (tertiary/aromatic N) is 7. The van der Waals surface area contributed by atoms with Crippen LogP contribution in [0, 0.1) is 34.3 Å². The largest absolute Gasteiger partial charge is 0.396 e. The van der Waals surface area contributed by atoms with Gasteiger partial charge in [0, 0.05) is 86.4 Å². The molecular formula is C54H63F10N11O6. The number of halogens is 10. The first kappa shape index (κ1) is 61.7. The molecule has 2 bridgehead atoms. The third-order valence-corrected chi connectivity index (χ3v) is 15.0. The van der Waals surface area contributed by atoms with Gasteiger partial charge in [-0.15, -0.1) is 0 Å². The molecule has 3 aliphatic rings. The zero-order valence-corrected chi connectivity index (χ0v) is 45.1. The quantitative estimate of drug-likeness (QED) is 0.0353. The molecule has 17 nitrogen and oxygen atoms in total. The Morgan fingerprint density at radius 1 is 0.765 bits per heavy atom. The zero-order chi connectivity index (χ0) is 59.4. The number of aromatic nitrogens is 4. The maximum atomic E-state index is 16.1. The topological polar surface area (TPSA) is 199 Å². The third kappa shape index (κ3) is 14.4. The lowest BCUT2D eigenvalue weighted by molar-refractivity contribution is -0.222. The van der Waals surface area contributed by atoms with Crippen LogP contribution in [0.3, 0.4) is 0 Å². The lowest BCUT2D eigenvalue weighted by Crippen LogP contribution is -2.63. The average Bonchev–Trinajstić information content (AvgIpc) is 3.98. The first-order chi connectivity index (χ1) is 38.0. The van der Waals surface area contributed by atoms with Crippen molar-refractivity contribution in [2.45, 2.75) is 141 Å². The molecule has 3 fully saturated rings. The van der Waals surface area contributed by atoms with E-state index >= 15 is 8.78 Å². The lowest BCUT2D eigenvalue weighted by Gasteiger charge is -2.47. The van der Waals surface area contributed by atoms with Crippen molar-refractivity contribution in [1.29, 1.82) is 0 Å². The molecule has 0 saturated carbocycles. The Hall–Kier alpha value is -6.89. The fourth-order valence-electron chi connectivity index (χ4n) is 9.73. The number of hydrazine groups is 1. The Balaban J connectivity index is 1.18. The van der Waals surface area contributed by atoms with Crippen LogP contribution in [0.15, 0.2) is 61.1 Å². The molecule has 0 spiro atoms. The van der Waals surface area contributed by atoms with Gasteiger partial charge in [-0.2, -0.15) is 40.2 Å². The van der Waals surface area contributed by atoms with Gasteiger partial charge in [0.1, 0.15) is 23.7 Å². The molecule has 5 N–H and O–H groups in total. The standard InChI is InChI=1S/C54H63F10N11O6/c1-7-43(77)68-45(51(3,4)53(59,60)61)47(79)67-41(19-31-12-9-30(10-13-31)11-14-32-22-65-50(66-23-32)72-24-34-15-16-35(25-72)75(34)36-28-81-29-36)42(76)27-73(71-48(80)46(69-44(78)8-2)52(5,6)54(62,63)64)26-37-38(55)20-33(21-39(37)56)40-17-18-74(70-40)49(57)58/h9-10,12-13,17-18,20-23,34-36,41-42,45-46,49,76H,7-8,15-16,19,24-29H2,1-6H3,(H,67,79)(H,68,77)(H,69,78)(H,71,80). The van der Waals surface area contributed by atoms with E-state index in [4.69, 9.17) is 4.74 Å². The van der Waals surface area contributed by atoms with Crippen LogP contribution >= 0.6 is 0 Å². The second-order valence-corrected chi connectivity index (χ2v) is 21.4. The van der Waals surface area contributed by atoms with Gasteiger partial charge in [0.25, 0.3) is 5.91 Å². The number of hydrogen-bond acceptors (Lipinski definition) is 12. The van der Waals surface area contributed by atoms with Gasteiger partial charge in [0.2, 0.25) is 23.7 Å². The fourth-order valence-corrected chi connectivity index (χ4v) is 9.73.